The zero-order valence-electron chi connectivity index (χ0n) is 10.2. The largest absolute Gasteiger partial charge is 0.398 e. The highest BCUT2D eigenvalue weighted by atomic mass is 32.2. The van der Waals surface area contributed by atoms with Gasteiger partial charge < -0.3 is 4.84 Å². The van der Waals surface area contributed by atoms with E-state index in [4.69, 9.17) is 5.26 Å². The van der Waals surface area contributed by atoms with Gasteiger partial charge in [-0.05, 0) is 6.92 Å². The number of aryl methyl sites for hydroxylation is 1. The minimum Gasteiger partial charge on any atom is -0.398 e. The molecule has 0 unspecified atom stereocenters. The Bertz CT molecular complexity index is 617. The average Bonchev–Trinajstić information content (AvgIpc) is 2.36. The highest BCUT2D eigenvalue weighted by molar-refractivity contribution is 7.91. The van der Waals surface area contributed by atoms with Crippen molar-refractivity contribution in [2.24, 2.45) is 5.16 Å². The van der Waals surface area contributed by atoms with Crippen LogP contribution in [-0.4, -0.2) is 37.0 Å². The molecule has 0 amide bonds. The van der Waals surface area contributed by atoms with Crippen molar-refractivity contribution in [3.63, 3.8) is 0 Å². The fourth-order valence-corrected chi connectivity index (χ4v) is 2.21. The Hall–Kier alpha value is -2.01. The molecule has 1 aromatic rings. The quantitative estimate of drug-likeness (QED) is 0.580. The molecule has 0 bridgehead atoms. The third-order valence-corrected chi connectivity index (χ3v) is 3.85. The molecule has 0 aliphatic carbocycles. The van der Waals surface area contributed by atoms with Gasteiger partial charge in [-0.15, -0.1) is 0 Å². The van der Waals surface area contributed by atoms with Crippen LogP contribution in [0.15, 0.2) is 16.4 Å². The summed E-state index contributed by atoms with van der Waals surface area (Å²) in [6.07, 6.45) is 1.28. The smallest absolute Gasteiger partial charge is 0.206 e. The second-order valence-corrected chi connectivity index (χ2v) is 5.48. The molecule has 7 nitrogen and oxygen atoms in total. The number of rotatable bonds is 4. The third kappa shape index (κ3) is 2.81. The van der Waals surface area contributed by atoms with Gasteiger partial charge in [0.05, 0.1) is 17.6 Å². The minimum atomic E-state index is -3.49. The van der Waals surface area contributed by atoms with Gasteiger partial charge in [0.15, 0.2) is 14.9 Å². The van der Waals surface area contributed by atoms with Crippen LogP contribution in [0.4, 0.5) is 0 Å². The lowest BCUT2D eigenvalue weighted by Crippen LogP contribution is -2.13. The van der Waals surface area contributed by atoms with Crippen molar-refractivity contribution in [1.29, 1.82) is 5.26 Å². The molecule has 0 atom stereocenters. The molecule has 0 saturated heterocycles. The fourth-order valence-electron chi connectivity index (χ4n) is 1.19. The Morgan fingerprint density at radius 1 is 1.61 bits per heavy atom. The lowest BCUT2D eigenvalue weighted by atomic mass is 10.3. The van der Waals surface area contributed by atoms with Gasteiger partial charge in [-0.2, -0.15) is 5.26 Å². The summed E-state index contributed by atoms with van der Waals surface area (Å²) in [6.45, 7) is 3.05. The number of nitrogens with zero attached hydrogens (tertiary/aromatic N) is 4. The van der Waals surface area contributed by atoms with Crippen LogP contribution in [0, 0.1) is 18.3 Å². The predicted octanol–water partition coefficient (Wildman–Crippen LogP) is 0.453. The van der Waals surface area contributed by atoms with Crippen LogP contribution >= 0.6 is 0 Å². The first-order chi connectivity index (χ1) is 8.46. The van der Waals surface area contributed by atoms with Gasteiger partial charge >= 0.3 is 0 Å². The van der Waals surface area contributed by atoms with Gasteiger partial charge in [0.1, 0.15) is 18.9 Å². The normalized spacial score (nSPS) is 12.0. The van der Waals surface area contributed by atoms with Crippen molar-refractivity contribution in [1.82, 2.24) is 9.97 Å². The number of nitriles is 1. The van der Waals surface area contributed by atoms with E-state index in [0.717, 1.165) is 0 Å². The van der Waals surface area contributed by atoms with Crippen molar-refractivity contribution in [2.45, 2.75) is 18.9 Å². The summed E-state index contributed by atoms with van der Waals surface area (Å²) in [7, 11) is -2.21. The summed E-state index contributed by atoms with van der Waals surface area (Å²) < 4.78 is 23.6. The molecular formula is C10H12N4O3S. The van der Waals surface area contributed by atoms with Gasteiger partial charge in [-0.3, -0.25) is 4.98 Å². The summed E-state index contributed by atoms with van der Waals surface area (Å²) >= 11 is 0. The Labute approximate surface area is 105 Å². The molecule has 1 aromatic heterocycles. The van der Waals surface area contributed by atoms with Crippen LogP contribution in [0.1, 0.15) is 18.3 Å². The van der Waals surface area contributed by atoms with E-state index in [2.05, 4.69) is 20.0 Å². The summed E-state index contributed by atoms with van der Waals surface area (Å²) in [5, 5.41) is 12.2. The highest BCUT2D eigenvalue weighted by Crippen LogP contribution is 2.12. The van der Waals surface area contributed by atoms with Gasteiger partial charge in [0.2, 0.25) is 5.71 Å². The third-order valence-electron chi connectivity index (χ3n) is 2.12. The van der Waals surface area contributed by atoms with Crippen LogP contribution in [-0.2, 0) is 14.7 Å². The first kappa shape index (κ1) is 14.1. The lowest BCUT2D eigenvalue weighted by molar-refractivity contribution is 0.214. The predicted molar refractivity (Wildman–Crippen MR) is 63.7 cm³/mol. The van der Waals surface area contributed by atoms with Crippen molar-refractivity contribution >= 4 is 15.5 Å². The molecule has 18 heavy (non-hydrogen) atoms. The number of hydrogen-bond acceptors (Lipinski definition) is 7. The fraction of sp³-hybridized carbons (Fsp3) is 0.400. The van der Waals surface area contributed by atoms with Crippen LogP contribution < -0.4 is 0 Å². The molecule has 0 aliphatic heterocycles. The molecule has 0 saturated carbocycles. The molecule has 0 aromatic carbocycles. The summed E-state index contributed by atoms with van der Waals surface area (Å²) in [5.41, 5.74) is 0.227. The molecule has 0 aliphatic rings. The molecule has 0 fully saturated rings. The number of sulfone groups is 1. The van der Waals surface area contributed by atoms with E-state index in [1.54, 1.807) is 13.0 Å². The molecule has 96 valence electrons. The van der Waals surface area contributed by atoms with Crippen molar-refractivity contribution in [3.05, 3.63) is 17.6 Å². The maximum absolute atomic E-state index is 11.8. The van der Waals surface area contributed by atoms with Gasteiger partial charge in [0.25, 0.3) is 0 Å². The summed E-state index contributed by atoms with van der Waals surface area (Å²) in [4.78, 5) is 12.3. The van der Waals surface area contributed by atoms with Crippen LogP contribution in [0.2, 0.25) is 0 Å². The second-order valence-electron chi connectivity index (χ2n) is 3.28. The van der Waals surface area contributed by atoms with Crippen molar-refractivity contribution in [3.8, 4) is 6.07 Å². The Balaban J connectivity index is 3.43. The molecular weight excluding hydrogens is 256 g/mol. The van der Waals surface area contributed by atoms with Crippen molar-refractivity contribution in [2.75, 3.05) is 12.9 Å². The Morgan fingerprint density at radius 3 is 2.78 bits per heavy atom. The van der Waals surface area contributed by atoms with Crippen molar-refractivity contribution < 1.29 is 13.3 Å². The van der Waals surface area contributed by atoms with Crippen LogP contribution in [0.25, 0.3) is 0 Å². The Morgan fingerprint density at radius 2 is 2.28 bits per heavy atom. The van der Waals surface area contributed by atoms with Crippen LogP contribution in [0.3, 0.4) is 0 Å². The first-order valence-corrected chi connectivity index (χ1v) is 6.69. The highest BCUT2D eigenvalue weighted by Gasteiger charge is 2.19. The van der Waals surface area contributed by atoms with E-state index < -0.39 is 9.84 Å². The molecule has 1 rings (SSSR count). The molecule has 0 N–H and O–H groups in total. The molecule has 1 heterocycles. The monoisotopic (exact) mass is 268 g/mol. The number of hydrogen-bond donors (Lipinski definition) is 0. The maximum Gasteiger partial charge on any atom is 0.206 e. The first-order valence-electron chi connectivity index (χ1n) is 5.04. The zero-order chi connectivity index (χ0) is 13.8. The minimum absolute atomic E-state index is 0.0666. The van der Waals surface area contributed by atoms with E-state index in [1.807, 2.05) is 0 Å². The van der Waals surface area contributed by atoms with Gasteiger partial charge in [-0.25, -0.2) is 13.4 Å². The summed E-state index contributed by atoms with van der Waals surface area (Å²) in [5.74, 6) is -0.0880. The Kier molecular flexibility index (Phi) is 4.33. The number of oxime groups is 1. The average molecular weight is 268 g/mol. The van der Waals surface area contributed by atoms with E-state index in [0.29, 0.717) is 0 Å². The van der Waals surface area contributed by atoms with E-state index in [-0.39, 0.29) is 27.9 Å². The molecule has 0 radical (unpaired) electrons. The second kappa shape index (κ2) is 5.55. The number of aromatic nitrogens is 2. The van der Waals surface area contributed by atoms with Gasteiger partial charge in [0, 0.05) is 0 Å². The summed E-state index contributed by atoms with van der Waals surface area (Å²) in [6, 6.07) is 1.76. The van der Waals surface area contributed by atoms with E-state index in [1.165, 1.54) is 20.2 Å². The zero-order valence-corrected chi connectivity index (χ0v) is 11.0. The molecule has 0 spiro atoms. The van der Waals surface area contributed by atoms with Crippen LogP contribution in [0.5, 0.6) is 0 Å². The lowest BCUT2D eigenvalue weighted by Gasteiger charge is -2.05. The molecule has 8 heteroatoms. The maximum atomic E-state index is 11.8. The van der Waals surface area contributed by atoms with Gasteiger partial charge in [-0.1, -0.05) is 12.1 Å². The standard InChI is InChI=1S/C10H12N4O3S/c1-4-18(15,16)10-7(2)12-6-9(13-10)8(5-11)14-17-3/h6H,4H2,1-3H3/b14-8+. The van der Waals surface area contributed by atoms with E-state index >= 15 is 0 Å². The topological polar surface area (TPSA) is 105 Å². The van der Waals surface area contributed by atoms with E-state index in [9.17, 15) is 8.42 Å². The SMILES string of the molecule is CCS(=O)(=O)c1nc(/C(C#N)=N/OC)cnc1C.